The first-order chi connectivity index (χ1) is 24.3. The molecule has 268 valence electrons. The first-order valence-corrected chi connectivity index (χ1v) is 17.9. The standard InChI is InChI=1S/C38H40F4N6O3/c1-4-22-7-5-8-23-11-27(49)12-28(30(22)23)31-20(2)32-29(21(3)43-31)33(45-35(44-32)51-19-36-9-6-10-47(36)16-24(39)13-36)46-17-25-14-37(34(50)38(40,41)42)15-26(18-46)48(25)37/h5,7-8,11-12,24-26,49H,4,6,9-10,13-19H2,1-3H3/t24-,25?,26?,36+,37?/m1/s1. The fourth-order valence-corrected chi connectivity index (χ4v) is 10.3. The Morgan fingerprint density at radius 1 is 1.04 bits per heavy atom. The van der Waals surface area contributed by atoms with Crippen molar-refractivity contribution in [3.8, 4) is 23.0 Å². The summed E-state index contributed by atoms with van der Waals surface area (Å²) in [5.41, 5.74) is 2.80. The summed E-state index contributed by atoms with van der Waals surface area (Å²) in [5.74, 6) is -0.929. The fourth-order valence-electron chi connectivity index (χ4n) is 10.3. The predicted octanol–water partition coefficient (Wildman–Crippen LogP) is 6.22. The van der Waals surface area contributed by atoms with Gasteiger partial charge < -0.3 is 14.7 Å². The number of Topliss-reactive ketones (excluding diaryl/α,β-unsaturated/α-hetero) is 1. The number of ketones is 1. The molecule has 9 nitrogen and oxygen atoms in total. The number of ether oxygens (including phenoxy) is 1. The number of carbonyl (C=O) groups excluding carboxylic acids is 1. The number of halogens is 4. The number of hydrogen-bond acceptors (Lipinski definition) is 9. The molecule has 5 saturated heterocycles. The van der Waals surface area contributed by atoms with Gasteiger partial charge in [0, 0.05) is 49.3 Å². The van der Waals surface area contributed by atoms with Crippen molar-refractivity contribution in [1.29, 1.82) is 0 Å². The zero-order valence-corrected chi connectivity index (χ0v) is 28.9. The molecule has 0 saturated carbocycles. The van der Waals surface area contributed by atoms with E-state index in [9.17, 15) is 27.5 Å². The molecule has 0 spiro atoms. The van der Waals surface area contributed by atoms with E-state index in [1.54, 1.807) is 17.0 Å². The Labute approximate surface area is 292 Å². The summed E-state index contributed by atoms with van der Waals surface area (Å²) >= 11 is 0. The molecule has 2 aromatic carbocycles. The molecule has 2 aromatic heterocycles. The van der Waals surface area contributed by atoms with Gasteiger partial charge in [0.05, 0.1) is 33.4 Å². The van der Waals surface area contributed by atoms with E-state index in [2.05, 4.69) is 22.8 Å². The Bertz CT molecular complexity index is 2110. The van der Waals surface area contributed by atoms with E-state index in [0.717, 1.165) is 58.7 Å². The van der Waals surface area contributed by atoms with Gasteiger partial charge in [0.1, 0.15) is 24.3 Å². The predicted molar refractivity (Wildman–Crippen MR) is 184 cm³/mol. The summed E-state index contributed by atoms with van der Waals surface area (Å²) in [7, 11) is 0. The molecule has 0 amide bonds. The first-order valence-electron chi connectivity index (χ1n) is 17.9. The van der Waals surface area contributed by atoms with E-state index in [0.29, 0.717) is 48.8 Å². The average molecular weight is 705 g/mol. The van der Waals surface area contributed by atoms with Crippen LogP contribution in [-0.2, 0) is 11.2 Å². The van der Waals surface area contributed by atoms with Gasteiger partial charge in [0.25, 0.3) is 5.78 Å². The second-order valence-corrected chi connectivity index (χ2v) is 15.3. The largest absolute Gasteiger partial charge is 0.508 e. The molecule has 9 rings (SSSR count). The molecule has 13 heteroatoms. The van der Waals surface area contributed by atoms with Crippen LogP contribution in [0.15, 0.2) is 30.3 Å². The number of alkyl halides is 4. The lowest BCUT2D eigenvalue weighted by Crippen LogP contribution is -2.87. The monoisotopic (exact) mass is 704 g/mol. The molecule has 0 bridgehead atoms. The Balaban J connectivity index is 1.15. The van der Waals surface area contributed by atoms with Crippen molar-refractivity contribution in [1.82, 2.24) is 24.8 Å². The SMILES string of the molecule is CCc1cccc2cc(O)cc(-c3nc(C)c4c(N5CC6CC7(C(=O)C(F)(F)F)CC(C5)N67)nc(OC[C@@]56CCCN5C[C@H](F)C6)nc4c3C)c12. The zero-order valence-electron chi connectivity index (χ0n) is 28.9. The van der Waals surface area contributed by atoms with Crippen LogP contribution >= 0.6 is 0 Å². The number of rotatable bonds is 7. The maximum atomic E-state index is 14.6. The highest BCUT2D eigenvalue weighted by Gasteiger charge is 2.73. The number of aryl methyl sites for hydroxylation is 3. The number of phenolic OH excluding ortho intramolecular Hbond substituents is 1. The summed E-state index contributed by atoms with van der Waals surface area (Å²) in [5, 5.41) is 13.4. The number of pyridine rings is 1. The number of fused-ring (bicyclic) bond motifs is 3. The summed E-state index contributed by atoms with van der Waals surface area (Å²) in [4.78, 5) is 33.5. The number of piperazine rings is 1. The number of aromatic hydroxyl groups is 1. The van der Waals surface area contributed by atoms with E-state index in [-0.39, 0.29) is 43.3 Å². The molecule has 4 atom stereocenters. The van der Waals surface area contributed by atoms with Crippen molar-refractivity contribution in [2.24, 2.45) is 0 Å². The Hall–Kier alpha value is -4.10. The second kappa shape index (κ2) is 11.2. The smallest absolute Gasteiger partial charge is 0.451 e. The van der Waals surface area contributed by atoms with Crippen molar-refractivity contribution in [2.75, 3.05) is 37.7 Å². The van der Waals surface area contributed by atoms with Gasteiger partial charge in [-0.05, 0) is 81.0 Å². The van der Waals surface area contributed by atoms with E-state index in [1.807, 2.05) is 26.0 Å². The van der Waals surface area contributed by atoms with Gasteiger partial charge in [0.15, 0.2) is 0 Å². The molecule has 5 aliphatic heterocycles. The zero-order chi connectivity index (χ0) is 35.6. The van der Waals surface area contributed by atoms with Crippen LogP contribution in [0.25, 0.3) is 32.9 Å². The van der Waals surface area contributed by atoms with Crippen molar-refractivity contribution in [2.45, 2.75) is 94.8 Å². The molecule has 1 N–H and O–H groups in total. The van der Waals surface area contributed by atoms with E-state index >= 15 is 0 Å². The van der Waals surface area contributed by atoms with Gasteiger partial charge in [-0.15, -0.1) is 0 Å². The molecule has 2 unspecified atom stereocenters. The number of carbonyl (C=O) groups is 1. The highest BCUT2D eigenvalue weighted by Crippen LogP contribution is 2.57. The van der Waals surface area contributed by atoms with Gasteiger partial charge >= 0.3 is 12.2 Å². The van der Waals surface area contributed by atoms with Crippen molar-refractivity contribution >= 4 is 33.3 Å². The van der Waals surface area contributed by atoms with Gasteiger partial charge in [-0.1, -0.05) is 25.1 Å². The van der Waals surface area contributed by atoms with Crippen LogP contribution in [0, 0.1) is 13.8 Å². The third-order valence-corrected chi connectivity index (χ3v) is 12.4. The molecule has 51 heavy (non-hydrogen) atoms. The van der Waals surface area contributed by atoms with Gasteiger partial charge in [-0.2, -0.15) is 23.1 Å². The summed E-state index contributed by atoms with van der Waals surface area (Å²) in [6, 6.07) is 9.24. The normalized spacial score (nSPS) is 28.8. The minimum atomic E-state index is -4.87. The minimum Gasteiger partial charge on any atom is -0.508 e. The number of benzene rings is 2. The number of phenols is 1. The Morgan fingerprint density at radius 2 is 1.80 bits per heavy atom. The maximum absolute atomic E-state index is 14.6. The Morgan fingerprint density at radius 3 is 2.53 bits per heavy atom. The summed E-state index contributed by atoms with van der Waals surface area (Å²) in [6.07, 6.45) is -2.50. The summed E-state index contributed by atoms with van der Waals surface area (Å²) < 4.78 is 61.6. The van der Waals surface area contributed by atoms with Crippen molar-refractivity contribution in [3.05, 3.63) is 47.2 Å². The lowest BCUT2D eigenvalue weighted by Gasteiger charge is -2.72. The lowest BCUT2D eigenvalue weighted by atomic mass is 9.60. The third-order valence-electron chi connectivity index (χ3n) is 12.4. The molecular formula is C38H40F4N6O3. The molecule has 0 radical (unpaired) electrons. The average Bonchev–Trinajstić information content (AvgIpc) is 3.59. The van der Waals surface area contributed by atoms with Crippen LogP contribution < -0.4 is 9.64 Å². The Kier molecular flexibility index (Phi) is 7.20. The number of anilines is 1. The van der Waals surface area contributed by atoms with Crippen molar-refractivity contribution < 1.29 is 32.2 Å². The first kappa shape index (κ1) is 32.8. The van der Waals surface area contributed by atoms with Crippen LogP contribution in [0.5, 0.6) is 11.8 Å². The molecule has 5 aliphatic rings. The highest BCUT2D eigenvalue weighted by molar-refractivity contribution is 6.03. The van der Waals surface area contributed by atoms with E-state index in [4.69, 9.17) is 19.7 Å². The van der Waals surface area contributed by atoms with Crippen LogP contribution in [0.4, 0.5) is 23.4 Å². The van der Waals surface area contributed by atoms with Crippen LogP contribution in [0.2, 0.25) is 0 Å². The number of hydrogen-bond donors (Lipinski definition) is 1. The van der Waals surface area contributed by atoms with Crippen LogP contribution in [0.1, 0.15) is 55.8 Å². The molecule has 0 aliphatic carbocycles. The fraction of sp³-hybridized carbons (Fsp3) is 0.526. The number of aromatic nitrogens is 3. The van der Waals surface area contributed by atoms with Crippen LogP contribution in [-0.4, -0.2) is 104 Å². The molecule has 5 fully saturated rings. The molecular weight excluding hydrogens is 664 g/mol. The quantitative estimate of drug-likeness (QED) is 0.225. The maximum Gasteiger partial charge on any atom is 0.451 e. The van der Waals surface area contributed by atoms with Gasteiger partial charge in [-0.3, -0.25) is 19.6 Å². The van der Waals surface area contributed by atoms with Gasteiger partial charge in [-0.25, -0.2) is 4.39 Å². The topological polar surface area (TPSA) is 94.9 Å². The number of piperidine rings is 1. The second-order valence-electron chi connectivity index (χ2n) is 15.3. The summed E-state index contributed by atoms with van der Waals surface area (Å²) in [6.45, 7) is 8.19. The van der Waals surface area contributed by atoms with Gasteiger partial charge in [0.2, 0.25) is 0 Å². The van der Waals surface area contributed by atoms with E-state index < -0.39 is 29.2 Å². The van der Waals surface area contributed by atoms with Crippen molar-refractivity contribution in [3.63, 3.8) is 0 Å². The lowest BCUT2D eigenvalue weighted by molar-refractivity contribution is -0.236. The van der Waals surface area contributed by atoms with E-state index in [1.165, 1.54) is 0 Å². The number of nitrogens with zero attached hydrogens (tertiary/aromatic N) is 6. The minimum absolute atomic E-state index is 0.124. The third kappa shape index (κ3) is 4.79. The molecule has 4 aromatic rings. The molecule has 7 heterocycles. The van der Waals surface area contributed by atoms with Crippen LogP contribution in [0.3, 0.4) is 0 Å². The highest BCUT2D eigenvalue weighted by atomic mass is 19.4.